The lowest BCUT2D eigenvalue weighted by atomic mass is 9.76. The molecule has 7 heteroatoms. The highest BCUT2D eigenvalue weighted by molar-refractivity contribution is 6.01. The molecule has 0 radical (unpaired) electrons. The number of nitrogens with one attached hydrogen (secondary N) is 2. The highest BCUT2D eigenvalue weighted by Crippen LogP contribution is 2.39. The zero-order valence-electron chi connectivity index (χ0n) is 22.6. The first kappa shape index (κ1) is 29.1. The number of rotatable bonds is 12. The lowest BCUT2D eigenvalue weighted by molar-refractivity contribution is -0.123. The molecular formula is C29H41FN2O4. The van der Waals surface area contributed by atoms with Crippen molar-refractivity contribution < 1.29 is 23.8 Å². The van der Waals surface area contributed by atoms with Crippen LogP contribution < -0.4 is 15.4 Å². The van der Waals surface area contributed by atoms with Crippen LogP contribution in [0, 0.1) is 0 Å². The Morgan fingerprint density at radius 2 is 1.61 bits per heavy atom. The number of amides is 2. The summed E-state index contributed by atoms with van der Waals surface area (Å²) in [7, 11) is 0. The van der Waals surface area contributed by atoms with Crippen molar-refractivity contribution in [1.82, 2.24) is 0 Å². The van der Waals surface area contributed by atoms with Gasteiger partial charge in [-0.3, -0.25) is 14.0 Å². The van der Waals surface area contributed by atoms with Crippen LogP contribution in [-0.2, 0) is 20.4 Å². The minimum Gasteiger partial charge on any atom is -0.508 e. The standard InChI is InChI=1S/C29H41FN2O4/c1-8-24(27(35)32-23-18-20(33)12-13-22(23)31-26(34)15-16-30)36-25-14-11-19(28(4,5)9-2)17-21(25)29(6,7)10-3/h11-14,17-18,24,33H,8-10,15-16H2,1-7H3,(H,31,34)(H,32,35). The Labute approximate surface area is 214 Å². The number of halogens is 1. The van der Waals surface area contributed by atoms with Gasteiger partial charge in [-0.05, 0) is 53.9 Å². The monoisotopic (exact) mass is 500 g/mol. The number of phenols is 1. The zero-order valence-corrected chi connectivity index (χ0v) is 22.6. The first-order chi connectivity index (χ1) is 16.9. The molecule has 36 heavy (non-hydrogen) atoms. The third-order valence-electron chi connectivity index (χ3n) is 7.05. The number of aromatic hydroxyl groups is 1. The van der Waals surface area contributed by atoms with Crippen LogP contribution in [0.15, 0.2) is 36.4 Å². The minimum absolute atomic E-state index is 0.0108. The second kappa shape index (κ2) is 12.2. The van der Waals surface area contributed by atoms with Crippen molar-refractivity contribution in [2.45, 2.75) is 91.1 Å². The van der Waals surface area contributed by atoms with Gasteiger partial charge in [0.15, 0.2) is 6.10 Å². The second-order valence-electron chi connectivity index (χ2n) is 10.4. The first-order valence-corrected chi connectivity index (χ1v) is 12.7. The van der Waals surface area contributed by atoms with Crippen LogP contribution in [0.4, 0.5) is 15.8 Å². The number of hydrogen-bond donors (Lipinski definition) is 3. The second-order valence-corrected chi connectivity index (χ2v) is 10.4. The average Bonchev–Trinajstić information content (AvgIpc) is 2.84. The Balaban J connectivity index is 2.36. The molecule has 0 saturated carbocycles. The Morgan fingerprint density at radius 3 is 2.19 bits per heavy atom. The molecule has 2 amide bonds. The summed E-state index contributed by atoms with van der Waals surface area (Å²) >= 11 is 0. The molecule has 2 aromatic rings. The molecule has 0 aromatic heterocycles. The molecule has 0 aliphatic carbocycles. The van der Waals surface area contributed by atoms with Gasteiger partial charge in [0.1, 0.15) is 11.5 Å². The van der Waals surface area contributed by atoms with Crippen LogP contribution in [0.1, 0.15) is 85.3 Å². The molecule has 2 rings (SSSR count). The highest BCUT2D eigenvalue weighted by Gasteiger charge is 2.29. The summed E-state index contributed by atoms with van der Waals surface area (Å²) < 4.78 is 18.8. The van der Waals surface area contributed by atoms with E-state index < -0.39 is 24.6 Å². The lowest BCUT2D eigenvalue weighted by Gasteiger charge is -2.31. The van der Waals surface area contributed by atoms with Gasteiger partial charge in [-0.1, -0.05) is 60.6 Å². The Morgan fingerprint density at radius 1 is 0.944 bits per heavy atom. The third kappa shape index (κ3) is 7.21. The quantitative estimate of drug-likeness (QED) is 0.278. The molecule has 0 spiro atoms. The molecule has 0 aliphatic rings. The van der Waals surface area contributed by atoms with E-state index in [-0.39, 0.29) is 34.4 Å². The smallest absolute Gasteiger partial charge is 0.265 e. The van der Waals surface area contributed by atoms with E-state index >= 15 is 0 Å². The fourth-order valence-electron chi connectivity index (χ4n) is 3.71. The van der Waals surface area contributed by atoms with Gasteiger partial charge in [-0.25, -0.2) is 0 Å². The molecule has 0 aliphatic heterocycles. The van der Waals surface area contributed by atoms with Crippen LogP contribution in [0.25, 0.3) is 0 Å². The first-order valence-electron chi connectivity index (χ1n) is 12.7. The Hall–Kier alpha value is -3.09. The van der Waals surface area contributed by atoms with E-state index in [1.165, 1.54) is 23.8 Å². The van der Waals surface area contributed by atoms with Crippen LogP contribution in [0.3, 0.4) is 0 Å². The molecule has 6 nitrogen and oxygen atoms in total. The number of alkyl halides is 1. The van der Waals surface area contributed by atoms with Crippen LogP contribution in [-0.4, -0.2) is 29.7 Å². The number of hydrogen-bond acceptors (Lipinski definition) is 4. The molecule has 3 N–H and O–H groups in total. The summed E-state index contributed by atoms with van der Waals surface area (Å²) in [4.78, 5) is 25.1. The molecule has 0 bridgehead atoms. The summed E-state index contributed by atoms with van der Waals surface area (Å²) in [5.74, 6) is -0.360. The largest absolute Gasteiger partial charge is 0.508 e. The number of benzene rings is 2. The maximum Gasteiger partial charge on any atom is 0.265 e. The van der Waals surface area contributed by atoms with Gasteiger partial charge in [0.05, 0.1) is 24.5 Å². The van der Waals surface area contributed by atoms with Crippen molar-refractivity contribution in [2.75, 3.05) is 17.3 Å². The number of anilines is 2. The van der Waals surface area contributed by atoms with E-state index in [1.807, 2.05) is 13.0 Å². The van der Waals surface area contributed by atoms with E-state index in [0.29, 0.717) is 12.2 Å². The Kier molecular flexibility index (Phi) is 9.91. The van der Waals surface area contributed by atoms with E-state index in [0.717, 1.165) is 18.4 Å². The minimum atomic E-state index is -0.807. The number of phenolic OH excluding ortho intramolecular Hbond substituents is 1. The molecule has 1 atom stereocenters. The topological polar surface area (TPSA) is 87.7 Å². The van der Waals surface area contributed by atoms with Crippen molar-refractivity contribution in [3.05, 3.63) is 47.5 Å². The molecule has 0 heterocycles. The van der Waals surface area contributed by atoms with Gasteiger partial charge in [0.2, 0.25) is 5.91 Å². The Bertz CT molecular complexity index is 1070. The van der Waals surface area contributed by atoms with Crippen molar-refractivity contribution >= 4 is 23.2 Å². The summed E-state index contributed by atoms with van der Waals surface area (Å²) in [5, 5.41) is 15.3. The predicted octanol–water partition coefficient (Wildman–Crippen LogP) is 6.86. The zero-order chi connectivity index (χ0) is 27.1. The van der Waals surface area contributed by atoms with Crippen molar-refractivity contribution in [3.8, 4) is 11.5 Å². The molecule has 0 saturated heterocycles. The normalized spacial score (nSPS) is 12.7. The van der Waals surface area contributed by atoms with Crippen LogP contribution >= 0.6 is 0 Å². The van der Waals surface area contributed by atoms with Gasteiger partial charge in [-0.15, -0.1) is 0 Å². The van der Waals surface area contributed by atoms with Crippen molar-refractivity contribution in [2.24, 2.45) is 0 Å². The van der Waals surface area contributed by atoms with Gasteiger partial charge in [0.25, 0.3) is 5.91 Å². The summed E-state index contributed by atoms with van der Waals surface area (Å²) in [6.07, 6.45) is 1.19. The van der Waals surface area contributed by atoms with E-state index in [1.54, 1.807) is 0 Å². The van der Waals surface area contributed by atoms with Crippen LogP contribution in [0.5, 0.6) is 11.5 Å². The molecule has 1 unspecified atom stereocenters. The molecule has 2 aromatic carbocycles. The van der Waals surface area contributed by atoms with E-state index in [4.69, 9.17) is 4.74 Å². The average molecular weight is 501 g/mol. The number of ether oxygens (including phenoxy) is 1. The molecule has 198 valence electrons. The number of carbonyl (C=O) groups is 2. The maximum absolute atomic E-state index is 13.2. The fraction of sp³-hybridized carbons (Fsp3) is 0.517. The highest BCUT2D eigenvalue weighted by atomic mass is 19.1. The number of carbonyl (C=O) groups excluding carboxylic acids is 2. The van der Waals surface area contributed by atoms with Crippen molar-refractivity contribution in [3.63, 3.8) is 0 Å². The van der Waals surface area contributed by atoms with Gasteiger partial charge < -0.3 is 20.5 Å². The van der Waals surface area contributed by atoms with E-state index in [2.05, 4.69) is 64.3 Å². The SMILES string of the molecule is CCC(Oc1ccc(C(C)(C)CC)cc1C(C)(C)CC)C(=O)Nc1cc(O)ccc1NC(=O)CCF. The predicted molar refractivity (Wildman–Crippen MR) is 144 cm³/mol. The third-order valence-corrected chi connectivity index (χ3v) is 7.05. The lowest BCUT2D eigenvalue weighted by Crippen LogP contribution is -2.33. The van der Waals surface area contributed by atoms with Crippen molar-refractivity contribution in [1.29, 1.82) is 0 Å². The molecular weight excluding hydrogens is 459 g/mol. The summed E-state index contributed by atoms with van der Waals surface area (Å²) in [5.41, 5.74) is 2.60. The van der Waals surface area contributed by atoms with Crippen LogP contribution in [0.2, 0.25) is 0 Å². The summed E-state index contributed by atoms with van der Waals surface area (Å²) in [6.45, 7) is 14.1. The summed E-state index contributed by atoms with van der Waals surface area (Å²) in [6, 6.07) is 10.4. The fourth-order valence-corrected chi connectivity index (χ4v) is 3.71. The van der Waals surface area contributed by atoms with E-state index in [9.17, 15) is 19.1 Å². The van der Waals surface area contributed by atoms with Gasteiger partial charge in [-0.2, -0.15) is 0 Å². The van der Waals surface area contributed by atoms with Gasteiger partial charge >= 0.3 is 0 Å². The maximum atomic E-state index is 13.2. The molecule has 0 fully saturated rings. The van der Waals surface area contributed by atoms with Gasteiger partial charge in [0, 0.05) is 11.6 Å².